The van der Waals surface area contributed by atoms with Crippen LogP contribution in [0.25, 0.3) is 0 Å². The van der Waals surface area contributed by atoms with Gasteiger partial charge in [-0.25, -0.2) is 0 Å². The Morgan fingerprint density at radius 3 is 2.54 bits per heavy atom. The Bertz CT molecular complexity index is 209. The molecule has 1 N–H and O–H groups in total. The van der Waals surface area contributed by atoms with Crippen LogP contribution in [-0.2, 0) is 0 Å². The molecule has 3 atom stereocenters. The van der Waals surface area contributed by atoms with Crippen molar-refractivity contribution < 1.29 is 0 Å². The van der Waals surface area contributed by atoms with Crippen LogP contribution < -0.4 is 5.32 Å². The average molecular weight is 181 g/mol. The fourth-order valence-electron chi connectivity index (χ4n) is 3.84. The van der Waals surface area contributed by atoms with Gasteiger partial charge in [0.1, 0.15) is 0 Å². The van der Waals surface area contributed by atoms with Crippen LogP contribution in [0, 0.1) is 17.3 Å². The molecule has 2 aliphatic carbocycles. The molecule has 2 saturated carbocycles. The highest BCUT2D eigenvalue weighted by molar-refractivity contribution is 5.13. The molecular weight excluding hydrogens is 158 g/mol. The quantitative estimate of drug-likeness (QED) is 0.690. The van der Waals surface area contributed by atoms with Gasteiger partial charge >= 0.3 is 0 Å². The number of hydrogen-bond acceptors (Lipinski definition) is 1. The maximum Gasteiger partial charge on any atom is 0.0215 e. The van der Waals surface area contributed by atoms with Gasteiger partial charge in [-0.15, -0.1) is 0 Å². The summed E-state index contributed by atoms with van der Waals surface area (Å²) in [5.41, 5.74) is 1.07. The summed E-state index contributed by atoms with van der Waals surface area (Å²) in [4.78, 5) is 0. The summed E-state index contributed by atoms with van der Waals surface area (Å²) in [5, 5.41) is 3.75. The van der Waals surface area contributed by atoms with Gasteiger partial charge in [-0.1, -0.05) is 27.7 Å². The zero-order valence-corrected chi connectivity index (χ0v) is 9.48. The first-order chi connectivity index (χ1) is 6.03. The highest BCUT2D eigenvalue weighted by Crippen LogP contribution is 2.61. The van der Waals surface area contributed by atoms with Crippen molar-refractivity contribution in [3.63, 3.8) is 0 Å². The predicted molar refractivity (Wildman–Crippen MR) is 56.7 cm³/mol. The van der Waals surface area contributed by atoms with E-state index in [1.807, 2.05) is 0 Å². The Kier molecular flexibility index (Phi) is 1.99. The zero-order chi connectivity index (χ0) is 9.69. The van der Waals surface area contributed by atoms with E-state index >= 15 is 0 Å². The van der Waals surface area contributed by atoms with Gasteiger partial charge in [-0.3, -0.25) is 0 Å². The van der Waals surface area contributed by atoms with Crippen LogP contribution in [-0.4, -0.2) is 12.1 Å². The van der Waals surface area contributed by atoms with E-state index in [2.05, 4.69) is 33.0 Å². The number of fused-ring (bicyclic) bond motifs is 2. The fourth-order valence-corrected chi connectivity index (χ4v) is 3.84. The fraction of sp³-hybridized carbons (Fsp3) is 1.00. The SMILES string of the molecule is CCN[C@]12CC[C@H](C1)C(C)(C)[C@@H]2C. The minimum absolute atomic E-state index is 0.503. The lowest BCUT2D eigenvalue weighted by Gasteiger charge is -2.42. The molecule has 0 aromatic heterocycles. The highest BCUT2D eigenvalue weighted by atomic mass is 15.0. The number of hydrogen-bond donors (Lipinski definition) is 1. The van der Waals surface area contributed by atoms with Crippen LogP contribution in [0.3, 0.4) is 0 Å². The average Bonchev–Trinajstić information content (AvgIpc) is 2.55. The van der Waals surface area contributed by atoms with Crippen molar-refractivity contribution in [1.82, 2.24) is 5.32 Å². The molecule has 0 saturated heterocycles. The van der Waals surface area contributed by atoms with E-state index in [-0.39, 0.29) is 0 Å². The summed E-state index contributed by atoms with van der Waals surface area (Å²) >= 11 is 0. The number of nitrogens with one attached hydrogen (secondary N) is 1. The van der Waals surface area contributed by atoms with Gasteiger partial charge in [-0.05, 0) is 43.1 Å². The molecule has 0 aromatic carbocycles. The largest absolute Gasteiger partial charge is 0.311 e. The molecule has 2 bridgehead atoms. The van der Waals surface area contributed by atoms with Crippen molar-refractivity contribution >= 4 is 0 Å². The normalized spacial score (nSPS) is 47.1. The van der Waals surface area contributed by atoms with Crippen molar-refractivity contribution in [3.8, 4) is 0 Å². The molecule has 1 nitrogen and oxygen atoms in total. The first kappa shape index (κ1) is 9.51. The van der Waals surface area contributed by atoms with E-state index < -0.39 is 0 Å². The lowest BCUT2D eigenvalue weighted by atomic mass is 9.67. The second-order valence-electron chi connectivity index (χ2n) is 5.67. The van der Waals surface area contributed by atoms with E-state index in [4.69, 9.17) is 0 Å². The zero-order valence-electron chi connectivity index (χ0n) is 9.48. The third-order valence-electron chi connectivity index (χ3n) is 5.08. The maximum atomic E-state index is 3.75. The van der Waals surface area contributed by atoms with Crippen molar-refractivity contribution in [1.29, 1.82) is 0 Å². The third kappa shape index (κ3) is 1.09. The Morgan fingerprint density at radius 1 is 1.38 bits per heavy atom. The summed E-state index contributed by atoms with van der Waals surface area (Å²) in [5.74, 6) is 1.82. The van der Waals surface area contributed by atoms with Crippen LogP contribution in [0.2, 0.25) is 0 Å². The maximum absolute atomic E-state index is 3.75. The summed E-state index contributed by atoms with van der Waals surface area (Å²) < 4.78 is 0. The molecule has 0 unspecified atom stereocenters. The molecule has 0 spiro atoms. The van der Waals surface area contributed by atoms with E-state index in [0.717, 1.165) is 18.4 Å². The molecule has 76 valence electrons. The van der Waals surface area contributed by atoms with Gasteiger partial charge in [0, 0.05) is 5.54 Å². The van der Waals surface area contributed by atoms with E-state index in [0.29, 0.717) is 11.0 Å². The third-order valence-corrected chi connectivity index (χ3v) is 5.08. The predicted octanol–water partition coefficient (Wildman–Crippen LogP) is 2.81. The van der Waals surface area contributed by atoms with E-state index in [9.17, 15) is 0 Å². The molecule has 13 heavy (non-hydrogen) atoms. The van der Waals surface area contributed by atoms with Gasteiger partial charge in [0.2, 0.25) is 0 Å². The molecular formula is C12H23N. The molecule has 1 heteroatoms. The van der Waals surface area contributed by atoms with Gasteiger partial charge < -0.3 is 5.32 Å². The van der Waals surface area contributed by atoms with Crippen LogP contribution in [0.4, 0.5) is 0 Å². The first-order valence-corrected chi connectivity index (χ1v) is 5.78. The smallest absolute Gasteiger partial charge is 0.0215 e. The molecule has 0 radical (unpaired) electrons. The number of rotatable bonds is 2. The van der Waals surface area contributed by atoms with Gasteiger partial charge in [-0.2, -0.15) is 0 Å². The topological polar surface area (TPSA) is 12.0 Å². The van der Waals surface area contributed by atoms with Crippen molar-refractivity contribution in [2.75, 3.05) is 6.54 Å². The highest BCUT2D eigenvalue weighted by Gasteiger charge is 2.58. The Morgan fingerprint density at radius 2 is 2.08 bits per heavy atom. The second-order valence-corrected chi connectivity index (χ2v) is 5.67. The Hall–Kier alpha value is -0.0400. The first-order valence-electron chi connectivity index (χ1n) is 5.78. The van der Waals surface area contributed by atoms with E-state index in [1.54, 1.807) is 0 Å². The summed E-state index contributed by atoms with van der Waals surface area (Å²) in [6.07, 6.45) is 4.29. The minimum Gasteiger partial charge on any atom is -0.311 e. The lowest BCUT2D eigenvalue weighted by Crippen LogP contribution is -2.49. The lowest BCUT2D eigenvalue weighted by molar-refractivity contribution is 0.105. The van der Waals surface area contributed by atoms with E-state index in [1.165, 1.54) is 19.3 Å². The van der Waals surface area contributed by atoms with Crippen molar-refractivity contribution in [2.24, 2.45) is 17.3 Å². The molecule has 2 rings (SSSR count). The molecule has 0 amide bonds. The van der Waals surface area contributed by atoms with Gasteiger partial charge in [0.25, 0.3) is 0 Å². The van der Waals surface area contributed by atoms with Crippen molar-refractivity contribution in [3.05, 3.63) is 0 Å². The molecule has 2 aliphatic rings. The Labute approximate surface area is 82.3 Å². The molecule has 2 fully saturated rings. The van der Waals surface area contributed by atoms with Crippen LogP contribution in [0.5, 0.6) is 0 Å². The van der Waals surface area contributed by atoms with Crippen LogP contribution in [0.1, 0.15) is 47.0 Å². The summed E-state index contributed by atoms with van der Waals surface area (Å²) in [6, 6.07) is 0. The summed E-state index contributed by atoms with van der Waals surface area (Å²) in [6.45, 7) is 10.7. The second kappa shape index (κ2) is 2.73. The van der Waals surface area contributed by atoms with Gasteiger partial charge in [0.05, 0.1) is 0 Å². The van der Waals surface area contributed by atoms with Crippen LogP contribution in [0.15, 0.2) is 0 Å². The molecule has 0 aromatic rings. The Balaban J connectivity index is 2.24. The minimum atomic E-state index is 0.503. The van der Waals surface area contributed by atoms with Crippen LogP contribution >= 0.6 is 0 Å². The standard InChI is InChI=1S/C12H23N/c1-5-13-12-7-6-10(8-12)11(3,4)9(12)2/h9-10,13H,5-8H2,1-4H3/t9-,10+,12+/m0/s1. The van der Waals surface area contributed by atoms with Crippen molar-refractivity contribution in [2.45, 2.75) is 52.5 Å². The summed E-state index contributed by atoms with van der Waals surface area (Å²) in [7, 11) is 0. The monoisotopic (exact) mass is 181 g/mol. The van der Waals surface area contributed by atoms with Gasteiger partial charge in [0.15, 0.2) is 0 Å². The molecule has 0 aliphatic heterocycles. The molecule has 0 heterocycles.